The number of nitriles is 1. The molecule has 102 valence electrons. The van der Waals surface area contributed by atoms with E-state index in [2.05, 4.69) is 0 Å². The van der Waals surface area contributed by atoms with Gasteiger partial charge in [-0.2, -0.15) is 9.57 Å². The van der Waals surface area contributed by atoms with Gasteiger partial charge in [-0.15, -0.1) is 11.3 Å². The second kappa shape index (κ2) is 4.90. The van der Waals surface area contributed by atoms with E-state index in [1.165, 1.54) is 12.1 Å². The Hall–Kier alpha value is -1.47. The van der Waals surface area contributed by atoms with Crippen molar-refractivity contribution < 1.29 is 23.4 Å². The highest BCUT2D eigenvalue weighted by Gasteiger charge is 2.44. The predicted octanol–water partition coefficient (Wildman–Crippen LogP) is -0.172. The van der Waals surface area contributed by atoms with Crippen molar-refractivity contribution in [1.29, 1.82) is 5.26 Å². The van der Waals surface area contributed by atoms with E-state index in [9.17, 15) is 18.3 Å². The average Bonchev–Trinajstić information content (AvgIpc) is 2.94. The van der Waals surface area contributed by atoms with Crippen molar-refractivity contribution in [2.24, 2.45) is 0 Å². The maximum absolute atomic E-state index is 12.3. The van der Waals surface area contributed by atoms with Gasteiger partial charge in [0.25, 0.3) is 10.0 Å². The van der Waals surface area contributed by atoms with E-state index in [4.69, 9.17) is 10.4 Å². The number of aliphatic hydroxyl groups is 1. The van der Waals surface area contributed by atoms with Gasteiger partial charge in [0.2, 0.25) is 0 Å². The van der Waals surface area contributed by atoms with Gasteiger partial charge in [0, 0.05) is 13.0 Å². The summed E-state index contributed by atoms with van der Waals surface area (Å²) in [6, 6.07) is 3.18. The van der Waals surface area contributed by atoms with Crippen LogP contribution in [0.2, 0.25) is 0 Å². The summed E-state index contributed by atoms with van der Waals surface area (Å²) in [5.74, 6) is -1.29. The Balaban J connectivity index is 2.39. The third-order valence-corrected chi connectivity index (χ3v) is 6.11. The van der Waals surface area contributed by atoms with Crippen LogP contribution in [0.1, 0.15) is 11.3 Å². The molecule has 0 bridgehead atoms. The first-order valence-corrected chi connectivity index (χ1v) is 7.54. The molecular formula is C10H10N2O5S2. The molecule has 19 heavy (non-hydrogen) atoms. The van der Waals surface area contributed by atoms with Crippen molar-refractivity contribution in [1.82, 2.24) is 4.31 Å². The fourth-order valence-electron chi connectivity index (χ4n) is 1.91. The van der Waals surface area contributed by atoms with E-state index in [1.54, 1.807) is 0 Å². The highest BCUT2D eigenvalue weighted by Crippen LogP contribution is 2.30. The summed E-state index contributed by atoms with van der Waals surface area (Å²) >= 11 is 0.776. The van der Waals surface area contributed by atoms with Gasteiger partial charge in [0.05, 0.1) is 6.10 Å². The number of aliphatic carboxylic acids is 1. The third-order valence-electron chi connectivity index (χ3n) is 2.77. The molecule has 1 aliphatic rings. The van der Waals surface area contributed by atoms with Crippen molar-refractivity contribution in [3.05, 3.63) is 17.0 Å². The first kappa shape index (κ1) is 14.0. The Morgan fingerprint density at radius 3 is 2.74 bits per heavy atom. The number of aliphatic hydroxyl groups excluding tert-OH is 1. The van der Waals surface area contributed by atoms with E-state index in [0.29, 0.717) is 0 Å². The van der Waals surface area contributed by atoms with Gasteiger partial charge in [-0.05, 0) is 12.1 Å². The average molecular weight is 302 g/mol. The molecule has 0 aromatic carbocycles. The molecule has 0 amide bonds. The second-order valence-corrected chi connectivity index (χ2v) is 7.25. The van der Waals surface area contributed by atoms with Crippen LogP contribution in [0.3, 0.4) is 0 Å². The zero-order valence-corrected chi connectivity index (χ0v) is 11.2. The normalized spacial score (nSPS) is 24.2. The Kier molecular flexibility index (Phi) is 3.60. The molecule has 0 aliphatic carbocycles. The number of carboxylic acids is 1. The van der Waals surface area contributed by atoms with Crippen molar-refractivity contribution >= 4 is 27.3 Å². The fourth-order valence-corrected chi connectivity index (χ4v) is 4.77. The topological polar surface area (TPSA) is 119 Å². The summed E-state index contributed by atoms with van der Waals surface area (Å²) in [5.41, 5.74) is 0. The minimum absolute atomic E-state index is 0.0931. The van der Waals surface area contributed by atoms with Crippen LogP contribution in [0.5, 0.6) is 0 Å². The van der Waals surface area contributed by atoms with Crippen molar-refractivity contribution in [2.45, 2.75) is 22.8 Å². The quantitative estimate of drug-likeness (QED) is 0.800. The first-order chi connectivity index (χ1) is 8.86. The summed E-state index contributed by atoms with van der Waals surface area (Å²) in [4.78, 5) is 11.3. The molecule has 1 aromatic heterocycles. The lowest BCUT2D eigenvalue weighted by Crippen LogP contribution is -2.40. The Labute approximate surface area is 113 Å². The van der Waals surface area contributed by atoms with Crippen LogP contribution in [0.4, 0.5) is 0 Å². The number of nitrogens with zero attached hydrogens (tertiary/aromatic N) is 2. The number of sulfonamides is 1. The molecule has 2 unspecified atom stereocenters. The van der Waals surface area contributed by atoms with Crippen LogP contribution < -0.4 is 0 Å². The smallest absolute Gasteiger partial charge is 0.322 e. The molecule has 7 nitrogen and oxygen atoms in total. The Morgan fingerprint density at radius 1 is 1.53 bits per heavy atom. The van der Waals surface area contributed by atoms with Gasteiger partial charge in [0.1, 0.15) is 21.2 Å². The Morgan fingerprint density at radius 2 is 2.21 bits per heavy atom. The van der Waals surface area contributed by atoms with E-state index in [1.807, 2.05) is 6.07 Å². The van der Waals surface area contributed by atoms with Crippen LogP contribution in [0.25, 0.3) is 0 Å². The minimum Gasteiger partial charge on any atom is -0.480 e. The molecule has 0 spiro atoms. The molecule has 9 heteroatoms. The molecule has 0 radical (unpaired) electrons. The van der Waals surface area contributed by atoms with Crippen LogP contribution in [0, 0.1) is 11.3 Å². The number of β-amino-alcohol motifs (C(OH)–C–C–N with tert-alkyl or cyclic N) is 1. The van der Waals surface area contributed by atoms with E-state index < -0.39 is 28.1 Å². The molecule has 1 fully saturated rings. The zero-order chi connectivity index (χ0) is 14.2. The molecule has 2 rings (SSSR count). The van der Waals surface area contributed by atoms with Crippen molar-refractivity contribution in [2.75, 3.05) is 6.54 Å². The molecule has 2 N–H and O–H groups in total. The lowest BCUT2D eigenvalue weighted by atomic mass is 10.2. The summed E-state index contributed by atoms with van der Waals surface area (Å²) in [5, 5.41) is 27.1. The standard InChI is InChI=1S/C10H10N2O5S2/c11-4-7-1-2-9(18-7)19(16,17)12-5-6(13)3-8(12)10(14)15/h1-2,6,8,13H,3,5H2,(H,14,15). The zero-order valence-electron chi connectivity index (χ0n) is 9.55. The van der Waals surface area contributed by atoms with Crippen molar-refractivity contribution in [3.8, 4) is 6.07 Å². The number of carboxylic acid groups (broad SMARTS) is 1. The lowest BCUT2D eigenvalue weighted by Gasteiger charge is -2.19. The maximum Gasteiger partial charge on any atom is 0.322 e. The first-order valence-electron chi connectivity index (χ1n) is 5.29. The van der Waals surface area contributed by atoms with E-state index in [-0.39, 0.29) is 22.1 Å². The third kappa shape index (κ3) is 2.48. The second-order valence-electron chi connectivity index (χ2n) is 4.05. The molecule has 1 aliphatic heterocycles. The van der Waals surface area contributed by atoms with Gasteiger partial charge < -0.3 is 10.2 Å². The van der Waals surface area contributed by atoms with E-state index >= 15 is 0 Å². The molecule has 1 aromatic rings. The molecule has 2 heterocycles. The number of rotatable bonds is 3. The van der Waals surface area contributed by atoms with Gasteiger partial charge in [-0.25, -0.2) is 8.42 Å². The molecule has 0 saturated carbocycles. The monoisotopic (exact) mass is 302 g/mol. The van der Waals surface area contributed by atoms with Crippen LogP contribution >= 0.6 is 11.3 Å². The fraction of sp³-hybridized carbons (Fsp3) is 0.400. The van der Waals surface area contributed by atoms with Gasteiger partial charge >= 0.3 is 5.97 Å². The summed E-state index contributed by atoms with van der Waals surface area (Å²) < 4.78 is 25.2. The number of hydrogen-bond acceptors (Lipinski definition) is 6. The predicted molar refractivity (Wildman–Crippen MR) is 65.0 cm³/mol. The lowest BCUT2D eigenvalue weighted by molar-refractivity contribution is -0.140. The molecule has 1 saturated heterocycles. The van der Waals surface area contributed by atoms with Gasteiger partial charge in [0.15, 0.2) is 0 Å². The Bertz CT molecular complexity index is 645. The van der Waals surface area contributed by atoms with Crippen molar-refractivity contribution in [3.63, 3.8) is 0 Å². The largest absolute Gasteiger partial charge is 0.480 e. The summed E-state index contributed by atoms with van der Waals surface area (Å²) in [6.07, 6.45) is -1.13. The maximum atomic E-state index is 12.3. The number of thiophene rings is 1. The highest BCUT2D eigenvalue weighted by molar-refractivity contribution is 7.91. The number of carbonyl (C=O) groups is 1. The highest BCUT2D eigenvalue weighted by atomic mass is 32.2. The SMILES string of the molecule is N#Cc1ccc(S(=O)(=O)N2CC(O)CC2C(=O)O)s1. The van der Waals surface area contributed by atoms with Gasteiger partial charge in [-0.3, -0.25) is 4.79 Å². The number of hydrogen-bond donors (Lipinski definition) is 2. The van der Waals surface area contributed by atoms with Crippen LogP contribution in [-0.4, -0.2) is 47.6 Å². The summed E-state index contributed by atoms with van der Waals surface area (Å²) in [6.45, 7) is -0.251. The van der Waals surface area contributed by atoms with E-state index in [0.717, 1.165) is 15.6 Å². The summed E-state index contributed by atoms with van der Waals surface area (Å²) in [7, 11) is -4.00. The molecule has 2 atom stereocenters. The minimum atomic E-state index is -4.00. The van der Waals surface area contributed by atoms with Gasteiger partial charge in [-0.1, -0.05) is 0 Å². The van der Waals surface area contributed by atoms with Crippen LogP contribution in [-0.2, 0) is 14.8 Å². The molecular weight excluding hydrogens is 292 g/mol. The van der Waals surface area contributed by atoms with Crippen LogP contribution in [0.15, 0.2) is 16.3 Å².